The van der Waals surface area contributed by atoms with Gasteiger partial charge >= 0.3 is 0 Å². The normalized spacial score (nSPS) is 11.1. The molecule has 0 fully saturated rings. The van der Waals surface area contributed by atoms with E-state index in [0.29, 0.717) is 23.0 Å². The molecule has 0 saturated carbocycles. The minimum absolute atomic E-state index is 0.373. The molecule has 0 spiro atoms. The molecular formula is C21H13N3O2. The highest BCUT2D eigenvalue weighted by molar-refractivity contribution is 6.04. The van der Waals surface area contributed by atoms with Crippen molar-refractivity contribution < 1.29 is 9.15 Å². The molecule has 0 aliphatic rings. The van der Waals surface area contributed by atoms with E-state index in [2.05, 4.69) is 9.97 Å². The fourth-order valence-corrected chi connectivity index (χ4v) is 2.87. The molecule has 3 aromatic heterocycles. The van der Waals surface area contributed by atoms with Crippen molar-refractivity contribution in [2.75, 3.05) is 0 Å². The highest BCUT2D eigenvalue weighted by atomic mass is 16.5. The fraction of sp³-hybridized carbons (Fsp3) is 0. The Morgan fingerprint density at radius 1 is 0.808 bits per heavy atom. The topological polar surface area (TPSA) is 61.0 Å². The number of para-hydroxylation sites is 1. The largest absolute Gasteiger partial charge is 0.449 e. The number of hydrogen-bond acceptors (Lipinski definition) is 5. The zero-order chi connectivity index (χ0) is 17.3. The number of benzene rings is 2. The molecule has 0 N–H and O–H groups in total. The predicted octanol–water partition coefficient (Wildman–Crippen LogP) is 5.23. The van der Waals surface area contributed by atoms with Crippen molar-refractivity contribution in [1.82, 2.24) is 15.0 Å². The number of rotatable bonds is 3. The van der Waals surface area contributed by atoms with Gasteiger partial charge in [-0.1, -0.05) is 42.5 Å². The van der Waals surface area contributed by atoms with Crippen LogP contribution in [0.2, 0.25) is 0 Å². The van der Waals surface area contributed by atoms with Crippen LogP contribution in [-0.4, -0.2) is 15.0 Å². The molecule has 2 aromatic carbocycles. The molecule has 26 heavy (non-hydrogen) atoms. The smallest absolute Gasteiger partial charge is 0.267 e. The van der Waals surface area contributed by atoms with Crippen LogP contribution < -0.4 is 4.74 Å². The molecule has 0 aliphatic heterocycles. The van der Waals surface area contributed by atoms with E-state index in [1.165, 1.54) is 0 Å². The Hall–Kier alpha value is -3.73. The summed E-state index contributed by atoms with van der Waals surface area (Å²) in [4.78, 5) is 13.4. The first kappa shape index (κ1) is 14.6. The monoisotopic (exact) mass is 339 g/mol. The van der Waals surface area contributed by atoms with E-state index in [-0.39, 0.29) is 0 Å². The average Bonchev–Trinajstić information content (AvgIpc) is 3.09. The summed E-state index contributed by atoms with van der Waals surface area (Å²) in [5, 5.41) is 0.929. The molecule has 0 amide bonds. The van der Waals surface area contributed by atoms with E-state index < -0.39 is 0 Å². The van der Waals surface area contributed by atoms with Crippen LogP contribution in [0.5, 0.6) is 11.6 Å². The number of hydrogen-bond donors (Lipinski definition) is 0. The van der Waals surface area contributed by atoms with Crippen molar-refractivity contribution in [3.8, 4) is 23.0 Å². The maximum absolute atomic E-state index is 5.98. The minimum atomic E-state index is 0.373. The van der Waals surface area contributed by atoms with Crippen molar-refractivity contribution in [2.45, 2.75) is 0 Å². The number of aromatic nitrogens is 3. The van der Waals surface area contributed by atoms with E-state index in [1.54, 1.807) is 12.4 Å². The summed E-state index contributed by atoms with van der Waals surface area (Å²) in [6.45, 7) is 0. The summed E-state index contributed by atoms with van der Waals surface area (Å²) in [6, 6.07) is 21.2. The van der Waals surface area contributed by atoms with Gasteiger partial charge in [0.2, 0.25) is 5.58 Å². The summed E-state index contributed by atoms with van der Waals surface area (Å²) < 4.78 is 12.0. The fourth-order valence-electron chi connectivity index (χ4n) is 2.87. The van der Waals surface area contributed by atoms with Crippen molar-refractivity contribution in [2.24, 2.45) is 0 Å². The second kappa shape index (κ2) is 5.97. The SMILES string of the molecule is c1ccc(-c2nc(Oc3cccnc3)c3oc4ccccc4c3n2)cc1. The molecule has 0 aliphatic carbocycles. The summed E-state index contributed by atoms with van der Waals surface area (Å²) in [7, 11) is 0. The van der Waals surface area contributed by atoms with Crippen molar-refractivity contribution >= 4 is 22.1 Å². The molecule has 124 valence electrons. The number of ether oxygens (including phenoxy) is 1. The molecule has 0 unspecified atom stereocenters. The maximum Gasteiger partial charge on any atom is 0.267 e. The van der Waals surface area contributed by atoms with Crippen LogP contribution in [0.15, 0.2) is 83.5 Å². The van der Waals surface area contributed by atoms with Crippen LogP contribution in [-0.2, 0) is 0 Å². The first-order valence-corrected chi connectivity index (χ1v) is 8.21. The lowest BCUT2D eigenvalue weighted by atomic mass is 10.2. The molecular weight excluding hydrogens is 326 g/mol. The second-order valence-corrected chi connectivity index (χ2v) is 5.79. The average molecular weight is 339 g/mol. The second-order valence-electron chi connectivity index (χ2n) is 5.79. The van der Waals surface area contributed by atoms with Crippen LogP contribution in [0.3, 0.4) is 0 Å². The zero-order valence-electron chi connectivity index (χ0n) is 13.7. The van der Waals surface area contributed by atoms with Gasteiger partial charge in [0.15, 0.2) is 5.82 Å². The van der Waals surface area contributed by atoms with Gasteiger partial charge in [0.1, 0.15) is 16.8 Å². The third kappa shape index (κ3) is 2.46. The van der Waals surface area contributed by atoms with E-state index in [1.807, 2.05) is 66.7 Å². The van der Waals surface area contributed by atoms with Crippen LogP contribution >= 0.6 is 0 Å². The Kier molecular flexibility index (Phi) is 3.35. The Morgan fingerprint density at radius 2 is 1.65 bits per heavy atom. The van der Waals surface area contributed by atoms with Crippen molar-refractivity contribution in [1.29, 1.82) is 0 Å². The summed E-state index contributed by atoms with van der Waals surface area (Å²) in [5.41, 5.74) is 2.91. The predicted molar refractivity (Wildman–Crippen MR) is 99.1 cm³/mol. The summed E-state index contributed by atoms with van der Waals surface area (Å²) >= 11 is 0. The molecule has 0 saturated heterocycles. The van der Waals surface area contributed by atoms with Gasteiger partial charge in [0.05, 0.1) is 6.20 Å². The molecule has 5 aromatic rings. The van der Waals surface area contributed by atoms with Crippen LogP contribution in [0.4, 0.5) is 0 Å². The van der Waals surface area contributed by atoms with E-state index in [4.69, 9.17) is 14.1 Å². The molecule has 5 nitrogen and oxygen atoms in total. The number of fused-ring (bicyclic) bond motifs is 3. The summed E-state index contributed by atoms with van der Waals surface area (Å²) in [5.74, 6) is 1.55. The third-order valence-corrected chi connectivity index (χ3v) is 4.07. The molecule has 0 bridgehead atoms. The van der Waals surface area contributed by atoms with Crippen LogP contribution in [0.1, 0.15) is 0 Å². The minimum Gasteiger partial charge on any atom is -0.449 e. The first-order chi connectivity index (χ1) is 12.9. The van der Waals surface area contributed by atoms with Gasteiger partial charge in [-0.3, -0.25) is 4.98 Å². The Labute approximate surface area is 148 Å². The first-order valence-electron chi connectivity index (χ1n) is 8.21. The zero-order valence-corrected chi connectivity index (χ0v) is 13.7. The van der Waals surface area contributed by atoms with Gasteiger partial charge in [0, 0.05) is 17.1 Å². The van der Waals surface area contributed by atoms with Crippen LogP contribution in [0, 0.1) is 0 Å². The van der Waals surface area contributed by atoms with Gasteiger partial charge in [-0.25, -0.2) is 4.98 Å². The standard InChI is InChI=1S/C21H13N3O2/c1-2-7-14(8-3-1)20-23-18-16-10-4-5-11-17(16)26-19(18)21(24-20)25-15-9-6-12-22-13-15/h1-13H. The summed E-state index contributed by atoms with van der Waals surface area (Å²) in [6.07, 6.45) is 3.33. The van der Waals surface area contributed by atoms with E-state index >= 15 is 0 Å². The lowest BCUT2D eigenvalue weighted by Gasteiger charge is -2.07. The van der Waals surface area contributed by atoms with Crippen LogP contribution in [0.25, 0.3) is 33.5 Å². The van der Waals surface area contributed by atoms with Gasteiger partial charge in [-0.15, -0.1) is 0 Å². The third-order valence-electron chi connectivity index (χ3n) is 4.07. The molecule has 5 rings (SSSR count). The Balaban J connectivity index is 1.78. The maximum atomic E-state index is 5.98. The Bertz CT molecular complexity index is 1200. The molecule has 5 heteroatoms. The Morgan fingerprint density at radius 3 is 2.50 bits per heavy atom. The molecule has 3 heterocycles. The lowest BCUT2D eigenvalue weighted by Crippen LogP contribution is -1.95. The van der Waals surface area contributed by atoms with Crippen molar-refractivity contribution in [3.05, 3.63) is 79.1 Å². The quantitative estimate of drug-likeness (QED) is 0.450. The van der Waals surface area contributed by atoms with Gasteiger partial charge in [0.25, 0.3) is 5.88 Å². The van der Waals surface area contributed by atoms with E-state index in [9.17, 15) is 0 Å². The highest BCUT2D eigenvalue weighted by Crippen LogP contribution is 2.35. The molecule has 0 radical (unpaired) electrons. The number of furan rings is 1. The highest BCUT2D eigenvalue weighted by Gasteiger charge is 2.18. The van der Waals surface area contributed by atoms with Gasteiger partial charge < -0.3 is 9.15 Å². The molecule has 0 atom stereocenters. The lowest BCUT2D eigenvalue weighted by molar-refractivity contribution is 0.455. The number of nitrogens with zero attached hydrogens (tertiary/aromatic N) is 3. The van der Waals surface area contributed by atoms with Gasteiger partial charge in [-0.2, -0.15) is 4.98 Å². The number of pyridine rings is 1. The van der Waals surface area contributed by atoms with E-state index in [0.717, 1.165) is 22.0 Å². The van der Waals surface area contributed by atoms with Gasteiger partial charge in [-0.05, 0) is 24.3 Å². The van der Waals surface area contributed by atoms with Crippen molar-refractivity contribution in [3.63, 3.8) is 0 Å².